The predicted molar refractivity (Wildman–Crippen MR) is 172 cm³/mol. The average Bonchev–Trinajstić information content (AvgIpc) is 3.00. The van der Waals surface area contributed by atoms with Gasteiger partial charge in [0.25, 0.3) is 0 Å². The summed E-state index contributed by atoms with van der Waals surface area (Å²) in [7, 11) is 1.87. The number of amides is 1. The molecule has 1 amide bonds. The molecule has 9 nitrogen and oxygen atoms in total. The monoisotopic (exact) mass is 616 g/mol. The highest BCUT2D eigenvalue weighted by Gasteiger charge is 2.37. The number of aromatic nitrogens is 3. The van der Waals surface area contributed by atoms with Gasteiger partial charge in [0.1, 0.15) is 17.1 Å². The van der Waals surface area contributed by atoms with Gasteiger partial charge in [0.15, 0.2) is 5.82 Å². The molecule has 6 rings (SSSR count). The highest BCUT2D eigenvalue weighted by molar-refractivity contribution is 6.38. The molecule has 2 aromatic carbocycles. The summed E-state index contributed by atoms with van der Waals surface area (Å²) >= 11 is 7.13. The minimum Gasteiger partial charge on any atom is -0.507 e. The molecule has 4 aromatic rings. The van der Waals surface area contributed by atoms with E-state index in [1.54, 1.807) is 35.4 Å². The molecule has 1 unspecified atom stereocenters. The Kier molecular flexibility index (Phi) is 7.57. The number of hydrogen-bond acceptors (Lipinski definition) is 7. The van der Waals surface area contributed by atoms with Gasteiger partial charge in [-0.05, 0) is 43.0 Å². The molecule has 2 aliphatic heterocycles. The van der Waals surface area contributed by atoms with Gasteiger partial charge in [-0.3, -0.25) is 14.3 Å². The summed E-state index contributed by atoms with van der Waals surface area (Å²) in [5, 5.41) is 11.4. The number of pyridine rings is 1. The quantitative estimate of drug-likeness (QED) is 0.306. The van der Waals surface area contributed by atoms with Gasteiger partial charge in [0.2, 0.25) is 5.91 Å². The standard InChI is InChI=1S/C33H34ClFN6O3/c1-6-23(43)39-15-16-40-20(17-39)12-14-38(5)30-25-31(27(35)24(26(30)34)21-9-7-8-10-22(21)42)41(33(44)37-32(25)40)29-19(4)11-13-36-28(29)18(2)3/h6-11,13,18,20,42H,1,12,14-17H2,2-5H3. The molecule has 228 valence electrons. The number of aromatic hydroxyl groups is 1. The van der Waals surface area contributed by atoms with Gasteiger partial charge in [0, 0.05) is 56.6 Å². The van der Waals surface area contributed by atoms with Crippen LogP contribution in [0.1, 0.15) is 37.4 Å². The maximum absolute atomic E-state index is 17.4. The van der Waals surface area contributed by atoms with E-state index in [-0.39, 0.29) is 45.3 Å². The Labute approximate surface area is 259 Å². The van der Waals surface area contributed by atoms with Crippen LogP contribution in [0.2, 0.25) is 5.02 Å². The molecule has 2 aliphatic rings. The van der Waals surface area contributed by atoms with Crippen molar-refractivity contribution < 1.29 is 14.3 Å². The van der Waals surface area contributed by atoms with Crippen LogP contribution in [0.3, 0.4) is 0 Å². The number of para-hydroxylation sites is 1. The third-order valence-corrected chi connectivity index (χ3v) is 9.06. The molecule has 0 saturated carbocycles. The van der Waals surface area contributed by atoms with Crippen molar-refractivity contribution in [1.82, 2.24) is 19.4 Å². The summed E-state index contributed by atoms with van der Waals surface area (Å²) in [6.07, 6.45) is 3.60. The van der Waals surface area contributed by atoms with Crippen LogP contribution in [0.4, 0.5) is 15.9 Å². The fraction of sp³-hybridized carbons (Fsp3) is 0.333. The molecule has 1 N–H and O–H groups in total. The lowest BCUT2D eigenvalue weighted by atomic mass is 9.96. The van der Waals surface area contributed by atoms with Crippen molar-refractivity contribution in [3.05, 3.63) is 81.8 Å². The van der Waals surface area contributed by atoms with Crippen LogP contribution in [-0.4, -0.2) is 69.7 Å². The third kappa shape index (κ3) is 4.59. The van der Waals surface area contributed by atoms with Gasteiger partial charge in [-0.1, -0.05) is 50.2 Å². The van der Waals surface area contributed by atoms with Crippen LogP contribution in [0, 0.1) is 12.7 Å². The van der Waals surface area contributed by atoms with Gasteiger partial charge in [-0.25, -0.2) is 9.18 Å². The second-order valence-corrected chi connectivity index (χ2v) is 12.1. The number of benzene rings is 2. The Morgan fingerprint density at radius 3 is 2.64 bits per heavy atom. The molecule has 44 heavy (non-hydrogen) atoms. The number of rotatable bonds is 4. The van der Waals surface area contributed by atoms with E-state index in [0.717, 1.165) is 5.56 Å². The van der Waals surface area contributed by atoms with Gasteiger partial charge < -0.3 is 19.8 Å². The molecule has 0 spiro atoms. The predicted octanol–water partition coefficient (Wildman–Crippen LogP) is 5.42. The maximum Gasteiger partial charge on any atom is 0.354 e. The molecule has 0 bridgehead atoms. The molecule has 4 heterocycles. The second-order valence-electron chi connectivity index (χ2n) is 11.7. The van der Waals surface area contributed by atoms with Crippen molar-refractivity contribution in [3.8, 4) is 22.6 Å². The number of aryl methyl sites for hydroxylation is 1. The lowest BCUT2D eigenvalue weighted by molar-refractivity contribution is -0.126. The molecule has 0 radical (unpaired) electrons. The first kappa shape index (κ1) is 29.6. The van der Waals surface area contributed by atoms with E-state index in [2.05, 4.69) is 16.5 Å². The van der Waals surface area contributed by atoms with Crippen LogP contribution < -0.4 is 15.5 Å². The van der Waals surface area contributed by atoms with E-state index in [4.69, 9.17) is 11.6 Å². The summed E-state index contributed by atoms with van der Waals surface area (Å²) in [5.74, 6) is -0.820. The van der Waals surface area contributed by atoms with Crippen molar-refractivity contribution in [2.24, 2.45) is 0 Å². The number of carbonyl (C=O) groups excluding carboxylic acids is 1. The number of halogens is 2. The summed E-state index contributed by atoms with van der Waals surface area (Å²) in [6.45, 7) is 11.1. The first-order valence-corrected chi connectivity index (χ1v) is 15.0. The molecular formula is C33H34ClFN6O3. The summed E-state index contributed by atoms with van der Waals surface area (Å²) in [6, 6.07) is 8.03. The Morgan fingerprint density at radius 1 is 1.18 bits per heavy atom. The Balaban J connectivity index is 1.78. The SMILES string of the molecule is C=CC(=O)N1CCN2c3nc(=O)n(-c4c(C)ccnc4C(C)C)c4c(F)c(-c5ccccc5O)c(Cl)c(c34)N(C)CCC2C1. The van der Waals surface area contributed by atoms with Gasteiger partial charge in [0.05, 0.1) is 27.5 Å². The summed E-state index contributed by atoms with van der Waals surface area (Å²) in [5.41, 5.74) is 1.88. The number of anilines is 2. The number of fused-ring (bicyclic) bond motifs is 2. The van der Waals surface area contributed by atoms with E-state index in [1.807, 2.05) is 37.6 Å². The molecule has 1 saturated heterocycles. The molecule has 2 aromatic heterocycles. The Hall–Kier alpha value is -4.44. The van der Waals surface area contributed by atoms with E-state index in [0.29, 0.717) is 60.9 Å². The number of piperazine rings is 1. The summed E-state index contributed by atoms with van der Waals surface area (Å²) in [4.78, 5) is 41.7. The fourth-order valence-electron chi connectivity index (χ4n) is 6.52. The van der Waals surface area contributed by atoms with E-state index in [9.17, 15) is 14.7 Å². The number of hydrogen-bond donors (Lipinski definition) is 1. The lowest BCUT2D eigenvalue weighted by Crippen LogP contribution is -2.56. The summed E-state index contributed by atoms with van der Waals surface area (Å²) < 4.78 is 18.7. The van der Waals surface area contributed by atoms with Gasteiger partial charge in [-0.2, -0.15) is 4.98 Å². The molecule has 1 atom stereocenters. The topological polar surface area (TPSA) is 94.8 Å². The molecular weight excluding hydrogens is 583 g/mol. The van der Waals surface area contributed by atoms with Crippen molar-refractivity contribution in [2.75, 3.05) is 43.0 Å². The normalized spacial score (nSPS) is 16.6. The van der Waals surface area contributed by atoms with Crippen molar-refractivity contribution >= 4 is 39.9 Å². The van der Waals surface area contributed by atoms with E-state index in [1.165, 1.54) is 16.7 Å². The zero-order valence-electron chi connectivity index (χ0n) is 25.1. The lowest BCUT2D eigenvalue weighted by Gasteiger charge is -2.44. The second kappa shape index (κ2) is 11.2. The smallest absolute Gasteiger partial charge is 0.354 e. The number of nitrogens with zero attached hydrogens (tertiary/aromatic N) is 6. The zero-order chi connectivity index (χ0) is 31.4. The fourth-order valence-corrected chi connectivity index (χ4v) is 6.95. The maximum atomic E-state index is 17.4. The van der Waals surface area contributed by atoms with Crippen LogP contribution in [-0.2, 0) is 4.79 Å². The third-order valence-electron chi connectivity index (χ3n) is 8.69. The van der Waals surface area contributed by atoms with E-state index < -0.39 is 11.5 Å². The number of phenolic OH excluding ortho intramolecular Hbond substituents is 1. The number of carbonyl (C=O) groups is 1. The minimum atomic E-state index is -0.750. The highest BCUT2D eigenvalue weighted by atomic mass is 35.5. The first-order chi connectivity index (χ1) is 21.0. The number of phenols is 1. The molecule has 1 fully saturated rings. The largest absolute Gasteiger partial charge is 0.507 e. The van der Waals surface area contributed by atoms with Crippen molar-refractivity contribution in [2.45, 2.75) is 39.2 Å². The Bertz CT molecular complexity index is 1890. The highest BCUT2D eigenvalue weighted by Crippen LogP contribution is 2.49. The van der Waals surface area contributed by atoms with Gasteiger partial charge >= 0.3 is 5.69 Å². The Morgan fingerprint density at radius 2 is 1.93 bits per heavy atom. The van der Waals surface area contributed by atoms with Crippen LogP contribution in [0.25, 0.3) is 27.7 Å². The van der Waals surface area contributed by atoms with Crippen LogP contribution >= 0.6 is 11.6 Å². The van der Waals surface area contributed by atoms with E-state index >= 15 is 4.39 Å². The minimum absolute atomic E-state index is 0.00409. The zero-order valence-corrected chi connectivity index (χ0v) is 25.9. The van der Waals surface area contributed by atoms with Gasteiger partial charge in [-0.15, -0.1) is 0 Å². The molecule has 0 aliphatic carbocycles. The van der Waals surface area contributed by atoms with Crippen molar-refractivity contribution in [1.29, 1.82) is 0 Å². The van der Waals surface area contributed by atoms with Crippen LogP contribution in [0.5, 0.6) is 5.75 Å². The molecule has 11 heteroatoms. The average molecular weight is 617 g/mol. The first-order valence-electron chi connectivity index (χ1n) is 14.7. The van der Waals surface area contributed by atoms with Crippen molar-refractivity contribution in [3.63, 3.8) is 0 Å². The van der Waals surface area contributed by atoms with Crippen LogP contribution in [0.15, 0.2) is 54.0 Å².